The zero-order chi connectivity index (χ0) is 16.1. The molecule has 1 fully saturated rings. The van der Waals surface area contributed by atoms with E-state index < -0.39 is 0 Å². The summed E-state index contributed by atoms with van der Waals surface area (Å²) in [5, 5.41) is 0. The lowest BCUT2D eigenvalue weighted by Crippen LogP contribution is -2.48. The van der Waals surface area contributed by atoms with Crippen molar-refractivity contribution in [1.82, 2.24) is 14.8 Å². The predicted octanol–water partition coefficient (Wildman–Crippen LogP) is 1.55. The zero-order valence-corrected chi connectivity index (χ0v) is 13.2. The first kappa shape index (κ1) is 15.5. The predicted molar refractivity (Wildman–Crippen MR) is 90.7 cm³/mol. The molecule has 0 unspecified atom stereocenters. The zero-order valence-electron chi connectivity index (χ0n) is 13.2. The van der Waals surface area contributed by atoms with Crippen LogP contribution in [-0.4, -0.2) is 46.9 Å². The van der Waals surface area contributed by atoms with E-state index in [0.29, 0.717) is 12.1 Å². The van der Waals surface area contributed by atoms with Crippen LogP contribution >= 0.6 is 0 Å². The van der Waals surface area contributed by atoms with Crippen molar-refractivity contribution in [2.24, 2.45) is 0 Å². The summed E-state index contributed by atoms with van der Waals surface area (Å²) in [6.45, 7) is 4.17. The molecule has 120 valence electrons. The van der Waals surface area contributed by atoms with Crippen molar-refractivity contribution in [2.45, 2.75) is 13.0 Å². The first-order valence-corrected chi connectivity index (χ1v) is 7.95. The van der Waals surface area contributed by atoms with E-state index in [4.69, 9.17) is 5.73 Å². The number of pyridine rings is 1. The molecule has 0 aliphatic carbocycles. The number of nitrogens with two attached hydrogens (primary N) is 1. The average molecular weight is 310 g/mol. The van der Waals surface area contributed by atoms with E-state index >= 15 is 0 Å². The van der Waals surface area contributed by atoms with Crippen LogP contribution < -0.4 is 5.73 Å². The molecule has 1 aromatic heterocycles. The van der Waals surface area contributed by atoms with E-state index in [1.54, 1.807) is 0 Å². The largest absolute Gasteiger partial charge is 0.399 e. The van der Waals surface area contributed by atoms with Crippen molar-refractivity contribution in [2.75, 3.05) is 31.9 Å². The Labute approximate surface area is 136 Å². The summed E-state index contributed by atoms with van der Waals surface area (Å²) >= 11 is 0. The summed E-state index contributed by atoms with van der Waals surface area (Å²) in [4.78, 5) is 21.0. The molecule has 0 radical (unpaired) electrons. The third kappa shape index (κ3) is 4.29. The maximum absolute atomic E-state index is 12.4. The molecule has 1 aliphatic rings. The number of hydrogen-bond donors (Lipinski definition) is 1. The van der Waals surface area contributed by atoms with Gasteiger partial charge in [-0.05, 0) is 29.8 Å². The molecular weight excluding hydrogens is 288 g/mol. The fraction of sp³-hybridized carbons (Fsp3) is 0.333. The second kappa shape index (κ2) is 7.24. The minimum atomic E-state index is 0.174. The van der Waals surface area contributed by atoms with Gasteiger partial charge in [0, 0.05) is 44.6 Å². The number of amides is 1. The second-order valence-corrected chi connectivity index (χ2v) is 5.90. The normalized spacial score (nSPS) is 15.6. The van der Waals surface area contributed by atoms with E-state index in [0.717, 1.165) is 44.0 Å². The topological polar surface area (TPSA) is 62.5 Å². The first-order valence-electron chi connectivity index (χ1n) is 7.95. The third-order valence-electron chi connectivity index (χ3n) is 4.14. The van der Waals surface area contributed by atoms with Gasteiger partial charge in [0.1, 0.15) is 0 Å². The highest BCUT2D eigenvalue weighted by Gasteiger charge is 2.21. The summed E-state index contributed by atoms with van der Waals surface area (Å²) in [7, 11) is 0. The smallest absolute Gasteiger partial charge is 0.227 e. The number of carbonyl (C=O) groups excluding carboxylic acids is 1. The molecule has 0 atom stereocenters. The van der Waals surface area contributed by atoms with Gasteiger partial charge in [-0.2, -0.15) is 0 Å². The van der Waals surface area contributed by atoms with Gasteiger partial charge >= 0.3 is 0 Å². The van der Waals surface area contributed by atoms with E-state index in [9.17, 15) is 4.79 Å². The lowest BCUT2D eigenvalue weighted by atomic mass is 10.1. The number of carbonyl (C=O) groups is 1. The van der Waals surface area contributed by atoms with Crippen LogP contribution in [0.5, 0.6) is 0 Å². The number of anilines is 1. The van der Waals surface area contributed by atoms with Crippen LogP contribution in [0.15, 0.2) is 48.7 Å². The number of piperazine rings is 1. The molecular formula is C18H22N4O. The number of nitrogens with zero attached hydrogens (tertiary/aromatic N) is 3. The van der Waals surface area contributed by atoms with E-state index in [-0.39, 0.29) is 5.91 Å². The molecule has 5 heteroatoms. The van der Waals surface area contributed by atoms with Crippen LogP contribution in [0.25, 0.3) is 0 Å². The lowest BCUT2D eigenvalue weighted by molar-refractivity contribution is -0.132. The fourth-order valence-electron chi connectivity index (χ4n) is 2.87. The summed E-state index contributed by atoms with van der Waals surface area (Å²) in [6, 6.07) is 13.5. The fourth-order valence-corrected chi connectivity index (χ4v) is 2.87. The van der Waals surface area contributed by atoms with Crippen LogP contribution in [0, 0.1) is 0 Å². The minimum Gasteiger partial charge on any atom is -0.399 e. The highest BCUT2D eigenvalue weighted by atomic mass is 16.2. The Morgan fingerprint density at radius 2 is 1.91 bits per heavy atom. The lowest BCUT2D eigenvalue weighted by Gasteiger charge is -2.34. The summed E-state index contributed by atoms with van der Waals surface area (Å²) in [5.41, 5.74) is 8.52. The van der Waals surface area contributed by atoms with Crippen molar-refractivity contribution in [3.63, 3.8) is 0 Å². The van der Waals surface area contributed by atoms with Crippen molar-refractivity contribution >= 4 is 11.6 Å². The van der Waals surface area contributed by atoms with Crippen LogP contribution in [-0.2, 0) is 17.8 Å². The molecule has 2 heterocycles. The van der Waals surface area contributed by atoms with Gasteiger partial charge < -0.3 is 10.6 Å². The van der Waals surface area contributed by atoms with E-state index in [1.807, 2.05) is 53.6 Å². The van der Waals surface area contributed by atoms with Gasteiger partial charge in [0.15, 0.2) is 0 Å². The van der Waals surface area contributed by atoms with Gasteiger partial charge in [0.2, 0.25) is 5.91 Å². The molecule has 1 aliphatic heterocycles. The minimum absolute atomic E-state index is 0.174. The molecule has 1 aromatic carbocycles. The molecule has 2 N–H and O–H groups in total. The van der Waals surface area contributed by atoms with Crippen molar-refractivity contribution < 1.29 is 4.79 Å². The van der Waals surface area contributed by atoms with Gasteiger partial charge in [-0.15, -0.1) is 0 Å². The Morgan fingerprint density at radius 3 is 2.61 bits per heavy atom. The summed E-state index contributed by atoms with van der Waals surface area (Å²) in [6.07, 6.45) is 2.24. The Morgan fingerprint density at radius 1 is 1.09 bits per heavy atom. The van der Waals surface area contributed by atoms with Crippen molar-refractivity contribution in [1.29, 1.82) is 0 Å². The van der Waals surface area contributed by atoms with Gasteiger partial charge in [-0.3, -0.25) is 14.7 Å². The monoisotopic (exact) mass is 310 g/mol. The molecule has 0 spiro atoms. The Balaban J connectivity index is 1.49. The molecule has 5 nitrogen and oxygen atoms in total. The average Bonchev–Trinajstić information content (AvgIpc) is 2.56. The molecule has 2 aromatic rings. The third-order valence-corrected chi connectivity index (χ3v) is 4.14. The van der Waals surface area contributed by atoms with Gasteiger partial charge in [0.25, 0.3) is 0 Å². The molecule has 1 amide bonds. The van der Waals surface area contributed by atoms with Crippen molar-refractivity contribution in [3.8, 4) is 0 Å². The van der Waals surface area contributed by atoms with Gasteiger partial charge in [-0.1, -0.05) is 18.2 Å². The Hall–Kier alpha value is -2.40. The van der Waals surface area contributed by atoms with Crippen LogP contribution in [0.1, 0.15) is 11.3 Å². The standard InChI is InChI=1S/C18H22N4O/c19-16-5-3-4-15(12-16)13-18(23)22-10-8-21(9-11-22)14-17-6-1-2-7-20-17/h1-7,12H,8-11,13-14,19H2. The van der Waals surface area contributed by atoms with Gasteiger partial charge in [-0.25, -0.2) is 0 Å². The maximum Gasteiger partial charge on any atom is 0.227 e. The second-order valence-electron chi connectivity index (χ2n) is 5.90. The Kier molecular flexibility index (Phi) is 4.88. The van der Waals surface area contributed by atoms with Crippen LogP contribution in [0.4, 0.5) is 5.69 Å². The number of rotatable bonds is 4. The van der Waals surface area contributed by atoms with Crippen LogP contribution in [0.3, 0.4) is 0 Å². The SMILES string of the molecule is Nc1cccc(CC(=O)N2CCN(Cc3ccccn3)CC2)c1. The quantitative estimate of drug-likeness (QED) is 0.870. The summed E-state index contributed by atoms with van der Waals surface area (Å²) in [5.74, 6) is 0.174. The first-order chi connectivity index (χ1) is 11.2. The molecule has 1 saturated heterocycles. The molecule has 0 saturated carbocycles. The number of benzene rings is 1. The summed E-state index contributed by atoms with van der Waals surface area (Å²) < 4.78 is 0. The molecule has 23 heavy (non-hydrogen) atoms. The van der Waals surface area contributed by atoms with Gasteiger partial charge in [0.05, 0.1) is 12.1 Å². The number of aromatic nitrogens is 1. The molecule has 0 bridgehead atoms. The number of hydrogen-bond acceptors (Lipinski definition) is 4. The van der Waals surface area contributed by atoms with E-state index in [2.05, 4.69) is 9.88 Å². The molecule has 3 rings (SSSR count). The number of nitrogen functional groups attached to an aromatic ring is 1. The highest BCUT2D eigenvalue weighted by molar-refractivity contribution is 5.79. The van der Waals surface area contributed by atoms with Crippen LogP contribution in [0.2, 0.25) is 0 Å². The van der Waals surface area contributed by atoms with E-state index in [1.165, 1.54) is 0 Å². The maximum atomic E-state index is 12.4. The Bertz CT molecular complexity index is 651. The van der Waals surface area contributed by atoms with Crippen molar-refractivity contribution in [3.05, 3.63) is 59.9 Å². The highest BCUT2D eigenvalue weighted by Crippen LogP contribution is 2.11.